The van der Waals surface area contributed by atoms with Gasteiger partial charge in [-0.1, -0.05) is 12.1 Å². The highest BCUT2D eigenvalue weighted by atomic mass is 19.1. The number of halogens is 2. The van der Waals surface area contributed by atoms with Gasteiger partial charge in [-0.25, -0.2) is 8.78 Å². The second-order valence-corrected chi connectivity index (χ2v) is 5.43. The van der Waals surface area contributed by atoms with Crippen LogP contribution < -0.4 is 4.74 Å². The minimum atomic E-state index is -1.16. The zero-order valence-electron chi connectivity index (χ0n) is 12.1. The van der Waals surface area contributed by atoms with E-state index in [0.717, 1.165) is 29.5 Å². The molecule has 0 aliphatic carbocycles. The fourth-order valence-electron chi connectivity index (χ4n) is 2.33. The number of hydrogen-bond acceptors (Lipinski definition) is 2. The summed E-state index contributed by atoms with van der Waals surface area (Å²) in [4.78, 5) is 0. The molecule has 2 nitrogen and oxygen atoms in total. The molecule has 1 N–H and O–H groups in total. The van der Waals surface area contributed by atoms with Crippen LogP contribution in [0.15, 0.2) is 42.5 Å². The van der Waals surface area contributed by atoms with Crippen LogP contribution in [0, 0.1) is 11.6 Å². The molecule has 0 aliphatic heterocycles. The first-order valence-corrected chi connectivity index (χ1v) is 6.69. The average molecular weight is 292 g/mol. The van der Waals surface area contributed by atoms with E-state index < -0.39 is 17.2 Å². The van der Waals surface area contributed by atoms with Gasteiger partial charge in [0, 0.05) is 12.8 Å². The molecule has 0 saturated heterocycles. The van der Waals surface area contributed by atoms with Gasteiger partial charge >= 0.3 is 0 Å². The number of methoxy groups -OCH3 is 1. The Bertz CT molecular complexity index is 607. The molecule has 2 aromatic rings. The molecule has 112 valence electrons. The van der Waals surface area contributed by atoms with Crippen molar-refractivity contribution in [1.29, 1.82) is 0 Å². The average Bonchev–Trinajstić information content (AvgIpc) is 2.43. The Hall–Kier alpha value is -1.94. The highest BCUT2D eigenvalue weighted by Crippen LogP contribution is 2.22. The summed E-state index contributed by atoms with van der Waals surface area (Å²) in [7, 11) is 1.58. The topological polar surface area (TPSA) is 29.5 Å². The molecule has 2 rings (SSSR count). The van der Waals surface area contributed by atoms with Gasteiger partial charge in [-0.15, -0.1) is 0 Å². The lowest BCUT2D eigenvalue weighted by molar-refractivity contribution is 0.0598. The molecule has 21 heavy (non-hydrogen) atoms. The predicted octanol–water partition coefficient (Wildman–Crippen LogP) is 3.51. The maximum Gasteiger partial charge on any atom is 0.126 e. The molecule has 0 bridgehead atoms. The zero-order valence-corrected chi connectivity index (χ0v) is 12.1. The van der Waals surface area contributed by atoms with Gasteiger partial charge in [0.25, 0.3) is 0 Å². The fourth-order valence-corrected chi connectivity index (χ4v) is 2.33. The molecule has 0 heterocycles. The van der Waals surface area contributed by atoms with Gasteiger partial charge in [0.05, 0.1) is 12.7 Å². The van der Waals surface area contributed by atoms with Crippen molar-refractivity contribution in [2.24, 2.45) is 0 Å². The van der Waals surface area contributed by atoms with E-state index in [1.165, 1.54) is 0 Å². The van der Waals surface area contributed by atoms with E-state index in [9.17, 15) is 13.9 Å². The van der Waals surface area contributed by atoms with Gasteiger partial charge in [0.15, 0.2) is 0 Å². The van der Waals surface area contributed by atoms with Gasteiger partial charge in [-0.05, 0) is 48.4 Å². The van der Waals surface area contributed by atoms with Crippen molar-refractivity contribution in [3.8, 4) is 5.75 Å². The van der Waals surface area contributed by atoms with Crippen molar-refractivity contribution in [2.75, 3.05) is 7.11 Å². The second kappa shape index (κ2) is 6.22. The molecule has 0 saturated carbocycles. The van der Waals surface area contributed by atoms with Crippen molar-refractivity contribution in [3.63, 3.8) is 0 Å². The van der Waals surface area contributed by atoms with E-state index in [1.807, 2.05) is 12.1 Å². The van der Waals surface area contributed by atoms with Gasteiger partial charge in [0.2, 0.25) is 0 Å². The van der Waals surface area contributed by atoms with Crippen molar-refractivity contribution in [2.45, 2.75) is 25.4 Å². The maximum absolute atomic E-state index is 13.6. The van der Waals surface area contributed by atoms with E-state index >= 15 is 0 Å². The molecule has 1 unspecified atom stereocenters. The summed E-state index contributed by atoms with van der Waals surface area (Å²) in [6.45, 7) is 1.61. The maximum atomic E-state index is 13.6. The normalized spacial score (nSPS) is 13.8. The lowest BCUT2D eigenvalue weighted by atomic mass is 9.89. The molecular weight excluding hydrogens is 274 g/mol. The van der Waals surface area contributed by atoms with E-state index in [4.69, 9.17) is 4.74 Å². The minimum absolute atomic E-state index is 0.0443. The van der Waals surface area contributed by atoms with Crippen molar-refractivity contribution < 1.29 is 18.6 Å². The van der Waals surface area contributed by atoms with Crippen molar-refractivity contribution in [1.82, 2.24) is 0 Å². The molecule has 4 heteroatoms. The lowest BCUT2D eigenvalue weighted by Crippen LogP contribution is -2.30. The van der Waals surface area contributed by atoms with Crippen LogP contribution in [0.3, 0.4) is 0 Å². The zero-order chi connectivity index (χ0) is 15.5. The Morgan fingerprint density at radius 1 is 1.05 bits per heavy atom. The Morgan fingerprint density at radius 3 is 2.33 bits per heavy atom. The van der Waals surface area contributed by atoms with Gasteiger partial charge in [0.1, 0.15) is 17.4 Å². The van der Waals surface area contributed by atoms with Crippen LogP contribution in [0.1, 0.15) is 18.1 Å². The number of rotatable bonds is 5. The standard InChI is InChI=1S/C17H18F2O2/c1-17(20,10-12-3-6-15(21-2)7-4-12)11-13-9-14(18)5-8-16(13)19/h3-9,20H,10-11H2,1-2H3. The minimum Gasteiger partial charge on any atom is -0.497 e. The fraction of sp³-hybridized carbons (Fsp3) is 0.294. The third kappa shape index (κ3) is 4.26. The molecule has 1 atom stereocenters. The highest BCUT2D eigenvalue weighted by Gasteiger charge is 2.23. The van der Waals surface area contributed by atoms with E-state index in [0.29, 0.717) is 6.42 Å². The highest BCUT2D eigenvalue weighted by molar-refractivity contribution is 5.29. The largest absolute Gasteiger partial charge is 0.497 e. The molecule has 0 aliphatic rings. The van der Waals surface area contributed by atoms with Crippen LogP contribution in [0.25, 0.3) is 0 Å². The summed E-state index contributed by atoms with van der Waals surface area (Å²) in [5, 5.41) is 10.4. The number of benzene rings is 2. The number of hydrogen-bond donors (Lipinski definition) is 1. The van der Waals surface area contributed by atoms with Gasteiger partial charge < -0.3 is 9.84 Å². The summed E-state index contributed by atoms with van der Waals surface area (Å²) >= 11 is 0. The first-order chi connectivity index (χ1) is 9.89. The Morgan fingerprint density at radius 2 is 1.71 bits per heavy atom. The van der Waals surface area contributed by atoms with Crippen LogP contribution in [0.5, 0.6) is 5.75 Å². The van der Waals surface area contributed by atoms with Gasteiger partial charge in [-0.2, -0.15) is 0 Å². The Kier molecular flexibility index (Phi) is 4.58. The quantitative estimate of drug-likeness (QED) is 0.914. The van der Waals surface area contributed by atoms with Crippen LogP contribution in [-0.2, 0) is 12.8 Å². The molecule has 0 spiro atoms. The Balaban J connectivity index is 2.11. The van der Waals surface area contributed by atoms with Crippen LogP contribution in [0.2, 0.25) is 0 Å². The van der Waals surface area contributed by atoms with Crippen LogP contribution in [-0.4, -0.2) is 17.8 Å². The molecular formula is C17H18F2O2. The molecule has 0 fully saturated rings. The third-order valence-corrected chi connectivity index (χ3v) is 3.32. The summed E-state index contributed by atoms with van der Waals surface area (Å²) in [6, 6.07) is 10.6. The molecule has 0 aromatic heterocycles. The van der Waals surface area contributed by atoms with E-state index in [2.05, 4.69) is 0 Å². The van der Waals surface area contributed by atoms with E-state index in [1.54, 1.807) is 26.2 Å². The first-order valence-electron chi connectivity index (χ1n) is 6.69. The van der Waals surface area contributed by atoms with Crippen molar-refractivity contribution in [3.05, 3.63) is 65.2 Å². The smallest absolute Gasteiger partial charge is 0.126 e. The number of ether oxygens (including phenoxy) is 1. The van der Waals surface area contributed by atoms with Crippen LogP contribution in [0.4, 0.5) is 8.78 Å². The van der Waals surface area contributed by atoms with E-state index in [-0.39, 0.29) is 12.0 Å². The molecule has 2 aromatic carbocycles. The molecule has 0 radical (unpaired) electrons. The summed E-state index contributed by atoms with van der Waals surface area (Å²) in [5.41, 5.74) is -0.0884. The summed E-state index contributed by atoms with van der Waals surface area (Å²) in [5.74, 6) is -0.285. The third-order valence-electron chi connectivity index (χ3n) is 3.32. The van der Waals surface area contributed by atoms with Crippen LogP contribution >= 0.6 is 0 Å². The van der Waals surface area contributed by atoms with Gasteiger partial charge in [-0.3, -0.25) is 0 Å². The monoisotopic (exact) mass is 292 g/mol. The SMILES string of the molecule is COc1ccc(CC(C)(O)Cc2cc(F)ccc2F)cc1. The lowest BCUT2D eigenvalue weighted by Gasteiger charge is -2.24. The van der Waals surface area contributed by atoms with Crippen molar-refractivity contribution >= 4 is 0 Å². The first kappa shape index (κ1) is 15.4. The summed E-state index contributed by atoms with van der Waals surface area (Å²) < 4.78 is 31.9. The molecule has 0 amide bonds. The number of aliphatic hydroxyl groups is 1. The second-order valence-electron chi connectivity index (χ2n) is 5.43. The Labute approximate surface area is 123 Å². The summed E-state index contributed by atoms with van der Waals surface area (Å²) in [6.07, 6.45) is 0.384. The predicted molar refractivity (Wildman–Crippen MR) is 77.4 cm³/mol.